The molecule has 0 spiro atoms. The van der Waals surface area contributed by atoms with Crippen molar-refractivity contribution in [3.63, 3.8) is 0 Å². The molecule has 1 atom stereocenters. The number of likely N-dealkylation sites (tertiary alicyclic amines) is 1. The average Bonchev–Trinajstić information content (AvgIpc) is 2.53. The molecule has 0 aliphatic carbocycles. The quantitative estimate of drug-likeness (QED) is 0.598. The van der Waals surface area contributed by atoms with Crippen molar-refractivity contribution in [1.82, 2.24) is 15.1 Å². The Morgan fingerprint density at radius 2 is 2.00 bits per heavy atom. The third-order valence-electron chi connectivity index (χ3n) is 3.19. The summed E-state index contributed by atoms with van der Waals surface area (Å²) >= 11 is 0. The van der Waals surface area contributed by atoms with Gasteiger partial charge in [-0.15, -0.1) is 0 Å². The number of piperazine rings is 1. The van der Waals surface area contributed by atoms with Gasteiger partial charge in [0.25, 0.3) is 0 Å². The molecule has 5 heteroatoms. The van der Waals surface area contributed by atoms with E-state index in [9.17, 15) is 9.59 Å². The normalized spacial score (nSPS) is 28.9. The Kier molecular flexibility index (Phi) is 3.02. The van der Waals surface area contributed by atoms with Crippen molar-refractivity contribution in [3.05, 3.63) is 0 Å². The molecule has 84 valence electrons. The summed E-state index contributed by atoms with van der Waals surface area (Å²) in [6.45, 7) is 3.35. The van der Waals surface area contributed by atoms with Crippen molar-refractivity contribution < 1.29 is 9.59 Å². The summed E-state index contributed by atoms with van der Waals surface area (Å²) in [5, 5.41) is 3.28. The number of amides is 2. The molecule has 15 heavy (non-hydrogen) atoms. The van der Waals surface area contributed by atoms with Crippen LogP contribution in [0.1, 0.15) is 12.8 Å². The summed E-state index contributed by atoms with van der Waals surface area (Å²) in [6.07, 6.45) is 0.783. The molecule has 2 aliphatic heterocycles. The standard InChI is InChI=1S/C10H17N3O2/c1-12-5-4-11-6-8(12)7-13-9(14)2-3-10(13)15/h8,11H,2-7H2,1H3. The van der Waals surface area contributed by atoms with Gasteiger partial charge in [0.15, 0.2) is 0 Å². The summed E-state index contributed by atoms with van der Waals surface area (Å²) in [6, 6.07) is 0.268. The second-order valence-corrected chi connectivity index (χ2v) is 4.24. The van der Waals surface area contributed by atoms with Crippen molar-refractivity contribution in [2.24, 2.45) is 0 Å². The number of rotatable bonds is 2. The predicted molar refractivity (Wildman–Crippen MR) is 55.2 cm³/mol. The maximum Gasteiger partial charge on any atom is 0.229 e. The van der Waals surface area contributed by atoms with Crippen LogP contribution in [0.15, 0.2) is 0 Å². The number of hydrogen-bond donors (Lipinski definition) is 1. The number of imide groups is 1. The Balaban J connectivity index is 1.95. The molecule has 0 aromatic heterocycles. The van der Waals surface area contributed by atoms with Gasteiger partial charge < -0.3 is 5.32 Å². The molecular weight excluding hydrogens is 194 g/mol. The Morgan fingerprint density at radius 1 is 1.33 bits per heavy atom. The van der Waals surface area contributed by atoms with E-state index in [0.717, 1.165) is 19.6 Å². The zero-order valence-corrected chi connectivity index (χ0v) is 9.03. The molecule has 1 unspecified atom stereocenters. The van der Waals surface area contributed by atoms with Crippen LogP contribution in [-0.2, 0) is 9.59 Å². The number of hydrogen-bond acceptors (Lipinski definition) is 4. The van der Waals surface area contributed by atoms with E-state index in [1.54, 1.807) is 0 Å². The first-order valence-electron chi connectivity index (χ1n) is 5.42. The fraction of sp³-hybridized carbons (Fsp3) is 0.800. The lowest BCUT2D eigenvalue weighted by Gasteiger charge is -2.34. The van der Waals surface area contributed by atoms with Crippen molar-refractivity contribution in [1.29, 1.82) is 0 Å². The Bertz CT molecular complexity index is 264. The first-order valence-corrected chi connectivity index (χ1v) is 5.42. The zero-order chi connectivity index (χ0) is 10.8. The van der Waals surface area contributed by atoms with Crippen LogP contribution in [0.3, 0.4) is 0 Å². The van der Waals surface area contributed by atoms with E-state index in [0.29, 0.717) is 19.4 Å². The van der Waals surface area contributed by atoms with Crippen LogP contribution in [-0.4, -0.2) is 60.9 Å². The second-order valence-electron chi connectivity index (χ2n) is 4.24. The molecule has 2 amide bonds. The molecule has 0 radical (unpaired) electrons. The molecular formula is C10H17N3O2. The molecule has 2 rings (SSSR count). The Morgan fingerprint density at radius 3 is 2.60 bits per heavy atom. The molecule has 0 saturated carbocycles. The molecule has 2 fully saturated rings. The van der Waals surface area contributed by atoms with E-state index in [4.69, 9.17) is 0 Å². The minimum Gasteiger partial charge on any atom is -0.314 e. The average molecular weight is 211 g/mol. The van der Waals surface area contributed by atoms with Crippen molar-refractivity contribution in [2.45, 2.75) is 18.9 Å². The van der Waals surface area contributed by atoms with Gasteiger partial charge >= 0.3 is 0 Å². The van der Waals surface area contributed by atoms with Crippen LogP contribution >= 0.6 is 0 Å². The minimum absolute atomic E-state index is 0.0148. The summed E-state index contributed by atoms with van der Waals surface area (Å²) in [5.41, 5.74) is 0. The third-order valence-corrected chi connectivity index (χ3v) is 3.19. The van der Waals surface area contributed by atoms with Gasteiger partial charge in [-0.3, -0.25) is 19.4 Å². The number of nitrogens with zero attached hydrogens (tertiary/aromatic N) is 2. The summed E-state index contributed by atoms with van der Waals surface area (Å²) in [7, 11) is 2.04. The molecule has 2 aliphatic rings. The first-order chi connectivity index (χ1) is 7.18. The number of carbonyl (C=O) groups excluding carboxylic acids is 2. The van der Waals surface area contributed by atoms with Crippen LogP contribution < -0.4 is 5.32 Å². The molecule has 0 aromatic rings. The van der Waals surface area contributed by atoms with E-state index in [2.05, 4.69) is 10.2 Å². The van der Waals surface area contributed by atoms with Gasteiger partial charge in [-0.2, -0.15) is 0 Å². The highest BCUT2D eigenvalue weighted by molar-refractivity contribution is 6.01. The highest BCUT2D eigenvalue weighted by Crippen LogP contribution is 2.13. The van der Waals surface area contributed by atoms with Crippen LogP contribution in [0.2, 0.25) is 0 Å². The van der Waals surface area contributed by atoms with E-state index in [1.807, 2.05) is 7.05 Å². The topological polar surface area (TPSA) is 52.6 Å². The van der Waals surface area contributed by atoms with Crippen molar-refractivity contribution in [3.8, 4) is 0 Å². The summed E-state index contributed by atoms with van der Waals surface area (Å²) in [4.78, 5) is 26.5. The van der Waals surface area contributed by atoms with Gasteiger partial charge in [0, 0.05) is 45.1 Å². The van der Waals surface area contributed by atoms with Gasteiger partial charge in [-0.05, 0) is 7.05 Å². The van der Waals surface area contributed by atoms with Gasteiger partial charge in [-0.1, -0.05) is 0 Å². The molecule has 2 saturated heterocycles. The second kappa shape index (κ2) is 4.28. The predicted octanol–water partition coefficient (Wildman–Crippen LogP) is -0.961. The number of carbonyl (C=O) groups is 2. The zero-order valence-electron chi connectivity index (χ0n) is 9.03. The molecule has 0 bridgehead atoms. The smallest absolute Gasteiger partial charge is 0.229 e. The van der Waals surface area contributed by atoms with Gasteiger partial charge in [-0.25, -0.2) is 0 Å². The van der Waals surface area contributed by atoms with Crippen LogP contribution in [0.5, 0.6) is 0 Å². The largest absolute Gasteiger partial charge is 0.314 e. The lowest BCUT2D eigenvalue weighted by molar-refractivity contribution is -0.139. The summed E-state index contributed by atoms with van der Waals surface area (Å²) < 4.78 is 0. The van der Waals surface area contributed by atoms with Gasteiger partial charge in [0.2, 0.25) is 11.8 Å². The van der Waals surface area contributed by atoms with E-state index in [1.165, 1.54) is 4.90 Å². The maximum absolute atomic E-state index is 11.4. The number of nitrogens with one attached hydrogen (secondary N) is 1. The van der Waals surface area contributed by atoms with Gasteiger partial charge in [0.1, 0.15) is 0 Å². The monoisotopic (exact) mass is 211 g/mol. The SMILES string of the molecule is CN1CCNCC1CN1C(=O)CCC1=O. The van der Waals surface area contributed by atoms with Gasteiger partial charge in [0.05, 0.1) is 0 Å². The molecule has 1 N–H and O–H groups in total. The molecule has 2 heterocycles. The van der Waals surface area contributed by atoms with E-state index in [-0.39, 0.29) is 17.9 Å². The fourth-order valence-corrected chi connectivity index (χ4v) is 2.10. The lowest BCUT2D eigenvalue weighted by atomic mass is 10.2. The number of likely N-dealkylation sites (N-methyl/N-ethyl adjacent to an activating group) is 1. The summed E-state index contributed by atoms with van der Waals surface area (Å²) in [5.74, 6) is -0.0297. The third kappa shape index (κ3) is 2.18. The Labute approximate surface area is 89.4 Å². The highest BCUT2D eigenvalue weighted by atomic mass is 16.2. The highest BCUT2D eigenvalue weighted by Gasteiger charge is 2.32. The lowest BCUT2D eigenvalue weighted by Crippen LogP contribution is -2.54. The van der Waals surface area contributed by atoms with Crippen LogP contribution in [0, 0.1) is 0 Å². The van der Waals surface area contributed by atoms with E-state index < -0.39 is 0 Å². The van der Waals surface area contributed by atoms with Crippen molar-refractivity contribution >= 4 is 11.8 Å². The fourth-order valence-electron chi connectivity index (χ4n) is 2.10. The van der Waals surface area contributed by atoms with Crippen molar-refractivity contribution in [2.75, 3.05) is 33.2 Å². The molecule has 0 aromatic carbocycles. The first kappa shape index (κ1) is 10.6. The molecule has 5 nitrogen and oxygen atoms in total. The van der Waals surface area contributed by atoms with Crippen LogP contribution in [0.25, 0.3) is 0 Å². The minimum atomic E-state index is -0.0148. The Hall–Kier alpha value is -0.940. The van der Waals surface area contributed by atoms with Crippen LogP contribution in [0.4, 0.5) is 0 Å². The maximum atomic E-state index is 11.4. The van der Waals surface area contributed by atoms with E-state index >= 15 is 0 Å².